The molecule has 23 heavy (non-hydrogen) atoms. The van der Waals surface area contributed by atoms with E-state index in [0.29, 0.717) is 5.56 Å². The number of aliphatic hydroxyl groups excluding tert-OH is 2. The van der Waals surface area contributed by atoms with E-state index >= 15 is 0 Å². The second kappa shape index (κ2) is 6.21. The van der Waals surface area contributed by atoms with E-state index in [0.717, 1.165) is 6.08 Å². The van der Waals surface area contributed by atoms with E-state index in [9.17, 15) is 30.0 Å². The van der Waals surface area contributed by atoms with Gasteiger partial charge in [-0.1, -0.05) is 36.4 Å². The molecule has 0 aromatic heterocycles. The van der Waals surface area contributed by atoms with E-state index in [1.165, 1.54) is 6.08 Å². The minimum Gasteiger partial charge on any atom is -0.479 e. The maximum atomic E-state index is 12.2. The van der Waals surface area contributed by atoms with Gasteiger partial charge in [-0.2, -0.15) is 0 Å². The molecule has 1 fully saturated rings. The van der Waals surface area contributed by atoms with Crippen molar-refractivity contribution in [2.45, 2.75) is 36.3 Å². The molecule has 2 rings (SSSR count). The summed E-state index contributed by atoms with van der Waals surface area (Å²) in [5.41, 5.74) is -4.43. The van der Waals surface area contributed by atoms with E-state index in [1.807, 2.05) is 0 Å². The van der Waals surface area contributed by atoms with E-state index in [2.05, 4.69) is 0 Å². The molecular formula is C16H18O7. The summed E-state index contributed by atoms with van der Waals surface area (Å²) in [5.74, 6) is -2.67. The number of hydrogen-bond acceptors (Lipinski definition) is 6. The van der Waals surface area contributed by atoms with Crippen LogP contribution in [-0.2, 0) is 9.59 Å². The number of rotatable bonds is 4. The molecule has 124 valence electrons. The van der Waals surface area contributed by atoms with Crippen LogP contribution in [0.3, 0.4) is 0 Å². The van der Waals surface area contributed by atoms with Gasteiger partial charge in [0.2, 0.25) is 0 Å². The van der Waals surface area contributed by atoms with Gasteiger partial charge in [0.15, 0.2) is 17.0 Å². The number of aliphatic hydroxyl groups is 4. The van der Waals surface area contributed by atoms with Gasteiger partial charge in [-0.15, -0.1) is 0 Å². The standard InChI is InChI=1S/C16H18O7/c17-11-8-15(22,14(20)21)9-16(23,13(11)19)12(18)7-6-10-4-2-1-3-5-10/h1-7,11,13,17,19,22-23H,8-9H2,(H,20,21)/b7-6+/t11-,13?,15?,16+/m1/s1. The molecule has 1 aromatic rings. The van der Waals surface area contributed by atoms with Gasteiger partial charge in [0.25, 0.3) is 0 Å². The molecule has 7 heteroatoms. The second-order valence-corrected chi connectivity index (χ2v) is 5.76. The molecule has 0 saturated heterocycles. The van der Waals surface area contributed by atoms with Gasteiger partial charge in [-0.05, 0) is 11.6 Å². The number of carbonyl (C=O) groups excluding carboxylic acids is 1. The van der Waals surface area contributed by atoms with Crippen molar-refractivity contribution in [3.8, 4) is 0 Å². The minimum absolute atomic E-state index is 0.656. The first-order chi connectivity index (χ1) is 10.7. The Labute approximate surface area is 132 Å². The summed E-state index contributed by atoms with van der Waals surface area (Å²) in [6.45, 7) is 0. The van der Waals surface area contributed by atoms with Crippen molar-refractivity contribution in [3.05, 3.63) is 42.0 Å². The van der Waals surface area contributed by atoms with Crippen LogP contribution in [0.4, 0.5) is 0 Å². The van der Waals surface area contributed by atoms with Crippen LogP contribution in [0.2, 0.25) is 0 Å². The molecule has 7 nitrogen and oxygen atoms in total. The Morgan fingerprint density at radius 2 is 1.74 bits per heavy atom. The third kappa shape index (κ3) is 3.32. The van der Waals surface area contributed by atoms with Crippen LogP contribution < -0.4 is 0 Å². The third-order valence-corrected chi connectivity index (χ3v) is 4.01. The third-order valence-electron chi connectivity index (χ3n) is 4.01. The first kappa shape index (κ1) is 17.3. The zero-order valence-corrected chi connectivity index (χ0v) is 12.2. The van der Waals surface area contributed by atoms with E-state index < -0.39 is 48.0 Å². The molecule has 4 atom stereocenters. The van der Waals surface area contributed by atoms with Crippen molar-refractivity contribution in [3.63, 3.8) is 0 Å². The SMILES string of the molecule is O=C(O)C1(O)C[C@@H](O)C(O)[C@@](O)(C(=O)/C=C/c2ccccc2)C1. The highest BCUT2D eigenvalue weighted by molar-refractivity contribution is 6.01. The average Bonchev–Trinajstić information content (AvgIpc) is 2.51. The smallest absolute Gasteiger partial charge is 0.335 e. The van der Waals surface area contributed by atoms with Crippen molar-refractivity contribution in [2.75, 3.05) is 0 Å². The summed E-state index contributed by atoms with van der Waals surface area (Å²) >= 11 is 0. The monoisotopic (exact) mass is 322 g/mol. The molecule has 1 aromatic carbocycles. The molecule has 0 heterocycles. The molecule has 0 aliphatic heterocycles. The molecule has 5 N–H and O–H groups in total. The minimum atomic E-state index is -2.59. The quantitative estimate of drug-likeness (QED) is 0.464. The van der Waals surface area contributed by atoms with Crippen LogP contribution in [0.1, 0.15) is 18.4 Å². The van der Waals surface area contributed by atoms with Crippen molar-refractivity contribution in [1.82, 2.24) is 0 Å². The lowest BCUT2D eigenvalue weighted by Crippen LogP contribution is -2.65. The average molecular weight is 322 g/mol. The number of carboxylic acid groups (broad SMARTS) is 1. The summed E-state index contributed by atoms with van der Waals surface area (Å²) in [6, 6.07) is 8.66. The Balaban J connectivity index is 2.28. The van der Waals surface area contributed by atoms with Crippen LogP contribution in [0, 0.1) is 0 Å². The predicted molar refractivity (Wildman–Crippen MR) is 79.3 cm³/mol. The first-order valence-corrected chi connectivity index (χ1v) is 7.01. The molecule has 1 saturated carbocycles. The van der Waals surface area contributed by atoms with Crippen LogP contribution in [0.25, 0.3) is 6.08 Å². The highest BCUT2D eigenvalue weighted by Crippen LogP contribution is 2.37. The molecule has 1 aliphatic rings. The number of carboxylic acids is 1. The summed E-state index contributed by atoms with van der Waals surface area (Å²) in [7, 11) is 0. The van der Waals surface area contributed by atoms with Crippen LogP contribution in [0.15, 0.2) is 36.4 Å². The maximum Gasteiger partial charge on any atom is 0.335 e. The van der Waals surface area contributed by atoms with Crippen LogP contribution in [0.5, 0.6) is 0 Å². The Bertz CT molecular complexity index is 627. The van der Waals surface area contributed by atoms with Gasteiger partial charge in [0, 0.05) is 12.8 Å². The largest absolute Gasteiger partial charge is 0.479 e. The topological polar surface area (TPSA) is 135 Å². The van der Waals surface area contributed by atoms with E-state index in [-0.39, 0.29) is 0 Å². The lowest BCUT2D eigenvalue weighted by atomic mass is 9.70. The highest BCUT2D eigenvalue weighted by atomic mass is 16.4. The molecule has 0 amide bonds. The lowest BCUT2D eigenvalue weighted by molar-refractivity contribution is -0.212. The zero-order valence-electron chi connectivity index (χ0n) is 12.2. The van der Waals surface area contributed by atoms with Crippen molar-refractivity contribution >= 4 is 17.8 Å². The van der Waals surface area contributed by atoms with Crippen LogP contribution >= 0.6 is 0 Å². The first-order valence-electron chi connectivity index (χ1n) is 7.01. The van der Waals surface area contributed by atoms with Gasteiger partial charge in [0.1, 0.15) is 6.10 Å². The number of aliphatic carboxylic acids is 1. The maximum absolute atomic E-state index is 12.2. The number of benzene rings is 1. The van der Waals surface area contributed by atoms with Gasteiger partial charge in [-0.25, -0.2) is 4.79 Å². The van der Waals surface area contributed by atoms with E-state index in [4.69, 9.17) is 5.11 Å². The van der Waals surface area contributed by atoms with E-state index in [1.54, 1.807) is 30.3 Å². The summed E-state index contributed by atoms with van der Waals surface area (Å²) in [5, 5.41) is 49.1. The fourth-order valence-corrected chi connectivity index (χ4v) is 2.67. The molecule has 0 spiro atoms. The van der Waals surface area contributed by atoms with Gasteiger partial charge >= 0.3 is 5.97 Å². The lowest BCUT2D eigenvalue weighted by Gasteiger charge is -2.44. The normalized spacial score (nSPS) is 34.4. The molecule has 2 unspecified atom stereocenters. The van der Waals surface area contributed by atoms with Crippen molar-refractivity contribution < 1.29 is 35.1 Å². The van der Waals surface area contributed by atoms with Crippen molar-refractivity contribution in [1.29, 1.82) is 0 Å². The Hall–Kier alpha value is -2.06. The molecular weight excluding hydrogens is 304 g/mol. The van der Waals surface area contributed by atoms with Crippen molar-refractivity contribution in [2.24, 2.45) is 0 Å². The summed E-state index contributed by atoms with van der Waals surface area (Å²) in [6.07, 6.45) is -2.86. The second-order valence-electron chi connectivity index (χ2n) is 5.76. The van der Waals surface area contributed by atoms with Gasteiger partial charge in [0.05, 0.1) is 6.10 Å². The van der Waals surface area contributed by atoms with Gasteiger partial charge < -0.3 is 25.5 Å². The number of ketones is 1. The van der Waals surface area contributed by atoms with Crippen LogP contribution in [-0.4, -0.2) is 60.7 Å². The zero-order chi connectivity index (χ0) is 17.3. The molecule has 0 radical (unpaired) electrons. The summed E-state index contributed by atoms with van der Waals surface area (Å²) in [4.78, 5) is 23.4. The summed E-state index contributed by atoms with van der Waals surface area (Å²) < 4.78 is 0. The Kier molecular flexibility index (Phi) is 4.67. The Morgan fingerprint density at radius 1 is 1.13 bits per heavy atom. The molecule has 1 aliphatic carbocycles. The Morgan fingerprint density at radius 3 is 2.30 bits per heavy atom. The van der Waals surface area contributed by atoms with Gasteiger partial charge in [-0.3, -0.25) is 4.79 Å². The fourth-order valence-electron chi connectivity index (χ4n) is 2.67. The number of carbonyl (C=O) groups is 2. The predicted octanol–water partition coefficient (Wildman–Crippen LogP) is -0.669. The number of hydrogen-bond donors (Lipinski definition) is 5. The highest BCUT2D eigenvalue weighted by Gasteiger charge is 2.58. The fraction of sp³-hybridized carbons (Fsp3) is 0.375. The molecule has 0 bridgehead atoms.